The van der Waals surface area contributed by atoms with Gasteiger partial charge in [0.05, 0.1) is 6.20 Å². The number of aromatic nitrogens is 2. The summed E-state index contributed by atoms with van der Waals surface area (Å²) < 4.78 is 5.35. The van der Waals surface area contributed by atoms with Crippen LogP contribution >= 0.6 is 11.6 Å². The van der Waals surface area contributed by atoms with Crippen LogP contribution in [0.15, 0.2) is 6.20 Å². The number of anilines is 1. The van der Waals surface area contributed by atoms with Gasteiger partial charge in [0.15, 0.2) is 5.15 Å². The summed E-state index contributed by atoms with van der Waals surface area (Å²) in [5.74, 6) is 0.466. The van der Waals surface area contributed by atoms with Crippen molar-refractivity contribution in [1.29, 1.82) is 5.26 Å². The topological polar surface area (TPSA) is 82.4 Å². The van der Waals surface area contributed by atoms with Crippen molar-refractivity contribution in [3.8, 4) is 6.07 Å². The number of rotatable bonds is 1. The molecule has 0 saturated carbocycles. The summed E-state index contributed by atoms with van der Waals surface area (Å²) in [6, 6.07) is 1.92. The van der Waals surface area contributed by atoms with Crippen molar-refractivity contribution in [3.63, 3.8) is 0 Å². The Balaban J connectivity index is 1.96. The van der Waals surface area contributed by atoms with E-state index in [2.05, 4.69) is 9.97 Å². The standard InChI is InChI=1S/C14H18ClN5O2/c1-14(2,3)22-13(21)20-6-4-19(5-7-20)12-17-9-10(8-16)11(15)18-12/h9H,4-7H2,1-3H3. The molecule has 0 aliphatic carbocycles. The zero-order valence-corrected chi connectivity index (χ0v) is 13.6. The van der Waals surface area contributed by atoms with Crippen LogP contribution in [0.3, 0.4) is 0 Å². The highest BCUT2D eigenvalue weighted by atomic mass is 35.5. The highest BCUT2D eigenvalue weighted by molar-refractivity contribution is 6.30. The Morgan fingerprint density at radius 2 is 2.00 bits per heavy atom. The predicted octanol–water partition coefficient (Wildman–Crippen LogP) is 2.06. The van der Waals surface area contributed by atoms with Gasteiger partial charge in [0.2, 0.25) is 5.95 Å². The van der Waals surface area contributed by atoms with E-state index in [4.69, 9.17) is 21.6 Å². The van der Waals surface area contributed by atoms with Gasteiger partial charge in [-0.1, -0.05) is 11.6 Å². The summed E-state index contributed by atoms with van der Waals surface area (Å²) in [5.41, 5.74) is -0.254. The Morgan fingerprint density at radius 1 is 1.36 bits per heavy atom. The maximum absolute atomic E-state index is 12.0. The summed E-state index contributed by atoms with van der Waals surface area (Å²) in [4.78, 5) is 23.8. The highest BCUT2D eigenvalue weighted by Crippen LogP contribution is 2.18. The number of ether oxygens (including phenoxy) is 1. The monoisotopic (exact) mass is 323 g/mol. The van der Waals surface area contributed by atoms with E-state index in [1.165, 1.54) is 6.20 Å². The van der Waals surface area contributed by atoms with Crippen molar-refractivity contribution in [2.24, 2.45) is 0 Å². The third-order valence-electron chi connectivity index (χ3n) is 3.06. The highest BCUT2D eigenvalue weighted by Gasteiger charge is 2.26. The van der Waals surface area contributed by atoms with Gasteiger partial charge in [-0.25, -0.2) is 9.78 Å². The second kappa shape index (κ2) is 6.36. The smallest absolute Gasteiger partial charge is 0.410 e. The number of nitrogens with zero attached hydrogens (tertiary/aromatic N) is 5. The second-order valence-corrected chi connectivity index (χ2v) is 6.30. The number of hydrogen-bond acceptors (Lipinski definition) is 6. The molecule has 0 unspecified atom stereocenters. The molecule has 0 bridgehead atoms. The largest absolute Gasteiger partial charge is 0.444 e. The molecule has 8 heteroatoms. The molecular formula is C14H18ClN5O2. The lowest BCUT2D eigenvalue weighted by atomic mass is 10.2. The number of piperazine rings is 1. The first-order valence-electron chi connectivity index (χ1n) is 6.95. The average molecular weight is 324 g/mol. The van der Waals surface area contributed by atoms with Crippen LogP contribution < -0.4 is 4.90 Å². The average Bonchev–Trinajstić information content (AvgIpc) is 2.45. The van der Waals surface area contributed by atoms with Crippen LogP contribution in [0.4, 0.5) is 10.7 Å². The van der Waals surface area contributed by atoms with Crippen molar-refractivity contribution >= 4 is 23.6 Å². The molecule has 1 saturated heterocycles. The quantitative estimate of drug-likeness (QED) is 0.736. The number of nitriles is 1. The van der Waals surface area contributed by atoms with E-state index in [9.17, 15) is 4.79 Å². The van der Waals surface area contributed by atoms with E-state index in [0.29, 0.717) is 32.1 Å². The molecule has 0 N–H and O–H groups in total. The fourth-order valence-corrected chi connectivity index (χ4v) is 2.16. The van der Waals surface area contributed by atoms with Crippen LogP contribution in [-0.2, 0) is 4.74 Å². The molecule has 0 spiro atoms. The van der Waals surface area contributed by atoms with Crippen LogP contribution in [0.2, 0.25) is 5.15 Å². The van der Waals surface area contributed by atoms with Crippen LogP contribution in [0, 0.1) is 11.3 Å². The summed E-state index contributed by atoms with van der Waals surface area (Å²) in [6.45, 7) is 7.74. The fourth-order valence-electron chi connectivity index (χ4n) is 2.00. The van der Waals surface area contributed by atoms with Crippen LogP contribution in [-0.4, -0.2) is 52.7 Å². The molecule has 0 aromatic carbocycles. The molecule has 2 rings (SSSR count). The van der Waals surface area contributed by atoms with Crippen LogP contribution in [0.25, 0.3) is 0 Å². The molecule has 2 heterocycles. The fraction of sp³-hybridized carbons (Fsp3) is 0.571. The number of halogens is 1. The molecule has 118 valence electrons. The minimum atomic E-state index is -0.502. The lowest BCUT2D eigenvalue weighted by Gasteiger charge is -2.35. The summed E-state index contributed by atoms with van der Waals surface area (Å²) in [5, 5.41) is 8.96. The maximum atomic E-state index is 12.0. The third kappa shape index (κ3) is 3.98. The number of carbonyl (C=O) groups excluding carboxylic acids is 1. The Kier molecular flexibility index (Phi) is 4.71. The van der Waals surface area contributed by atoms with Crippen LogP contribution in [0.5, 0.6) is 0 Å². The lowest BCUT2D eigenvalue weighted by molar-refractivity contribution is 0.0240. The first-order valence-corrected chi connectivity index (χ1v) is 7.33. The first kappa shape index (κ1) is 16.3. The van der Waals surface area contributed by atoms with Gasteiger partial charge < -0.3 is 14.5 Å². The summed E-state index contributed by atoms with van der Waals surface area (Å²) >= 11 is 5.92. The molecule has 1 aromatic heterocycles. The van der Waals surface area contributed by atoms with E-state index >= 15 is 0 Å². The zero-order chi connectivity index (χ0) is 16.3. The molecule has 1 aromatic rings. The van der Waals surface area contributed by atoms with Gasteiger partial charge in [-0.15, -0.1) is 0 Å². The Labute approximate surface area is 134 Å². The molecule has 7 nitrogen and oxygen atoms in total. The third-order valence-corrected chi connectivity index (χ3v) is 3.35. The predicted molar refractivity (Wildman–Crippen MR) is 81.8 cm³/mol. The SMILES string of the molecule is CC(C)(C)OC(=O)N1CCN(c2ncc(C#N)c(Cl)n2)CC1. The van der Waals surface area contributed by atoms with Gasteiger partial charge in [-0.05, 0) is 20.8 Å². The molecule has 0 atom stereocenters. The van der Waals surface area contributed by atoms with Gasteiger partial charge in [-0.2, -0.15) is 10.2 Å². The van der Waals surface area contributed by atoms with E-state index in [1.54, 1.807) is 4.90 Å². The Hall–Kier alpha value is -2.07. The molecule has 1 aliphatic heterocycles. The normalized spacial score (nSPS) is 15.4. The summed E-state index contributed by atoms with van der Waals surface area (Å²) in [7, 11) is 0. The number of amides is 1. The maximum Gasteiger partial charge on any atom is 0.410 e. The van der Waals surface area contributed by atoms with Crippen molar-refractivity contribution in [1.82, 2.24) is 14.9 Å². The molecular weight excluding hydrogens is 306 g/mol. The van der Waals surface area contributed by atoms with Crippen LogP contribution in [0.1, 0.15) is 26.3 Å². The van der Waals surface area contributed by atoms with E-state index in [1.807, 2.05) is 31.7 Å². The second-order valence-electron chi connectivity index (χ2n) is 5.94. The Bertz CT molecular complexity index is 600. The molecule has 1 aliphatic rings. The van der Waals surface area contributed by atoms with Crippen molar-refractivity contribution in [3.05, 3.63) is 16.9 Å². The number of hydrogen-bond donors (Lipinski definition) is 0. The van der Waals surface area contributed by atoms with Crippen molar-refractivity contribution < 1.29 is 9.53 Å². The van der Waals surface area contributed by atoms with Crippen molar-refractivity contribution in [2.45, 2.75) is 26.4 Å². The Morgan fingerprint density at radius 3 is 2.50 bits per heavy atom. The van der Waals surface area contributed by atoms with E-state index in [0.717, 1.165) is 0 Å². The molecule has 1 fully saturated rings. The zero-order valence-electron chi connectivity index (χ0n) is 12.8. The lowest BCUT2D eigenvalue weighted by Crippen LogP contribution is -2.50. The van der Waals surface area contributed by atoms with E-state index < -0.39 is 5.60 Å². The first-order chi connectivity index (χ1) is 10.3. The number of carbonyl (C=O) groups is 1. The molecule has 0 radical (unpaired) electrons. The van der Waals surface area contributed by atoms with Gasteiger partial charge in [0.1, 0.15) is 17.2 Å². The minimum Gasteiger partial charge on any atom is -0.444 e. The van der Waals surface area contributed by atoms with Gasteiger partial charge >= 0.3 is 6.09 Å². The molecule has 22 heavy (non-hydrogen) atoms. The van der Waals surface area contributed by atoms with Gasteiger partial charge in [0.25, 0.3) is 0 Å². The van der Waals surface area contributed by atoms with Crippen molar-refractivity contribution in [2.75, 3.05) is 31.1 Å². The van der Waals surface area contributed by atoms with Gasteiger partial charge in [0, 0.05) is 26.2 Å². The van der Waals surface area contributed by atoms with Gasteiger partial charge in [-0.3, -0.25) is 0 Å². The van der Waals surface area contributed by atoms with E-state index in [-0.39, 0.29) is 16.8 Å². The summed E-state index contributed by atoms with van der Waals surface area (Å²) in [6.07, 6.45) is 1.09. The molecule has 1 amide bonds. The minimum absolute atomic E-state index is 0.141.